The van der Waals surface area contributed by atoms with E-state index in [1.165, 1.54) is 4.90 Å². The molecule has 0 radical (unpaired) electrons. The van der Waals surface area contributed by atoms with E-state index in [0.717, 1.165) is 10.4 Å². The molecule has 1 N–H and O–H groups in total. The molecule has 0 fully saturated rings. The second kappa shape index (κ2) is 9.08. The number of carboxylic acids is 1. The Morgan fingerprint density at radius 2 is 1.84 bits per heavy atom. The Hall–Kier alpha value is -2.54. The quantitative estimate of drug-likeness (QED) is 0.741. The summed E-state index contributed by atoms with van der Waals surface area (Å²) < 4.78 is 10.4. The van der Waals surface area contributed by atoms with E-state index >= 15 is 0 Å². The molecular formula is C18H21NO5S. The number of carboxylic acid groups (broad SMARTS) is 1. The summed E-state index contributed by atoms with van der Waals surface area (Å²) in [7, 11) is 3.08. The van der Waals surface area contributed by atoms with Crippen molar-refractivity contribution in [1.29, 1.82) is 0 Å². The molecule has 0 atom stereocenters. The molecule has 0 saturated carbocycles. The SMILES string of the molecule is COc1cc(CN(CC(=O)O)C(=O)CCc2cccs2)cc(OC)c1. The summed E-state index contributed by atoms with van der Waals surface area (Å²) >= 11 is 1.58. The Morgan fingerprint density at radius 1 is 1.16 bits per heavy atom. The van der Waals surface area contributed by atoms with Crippen LogP contribution in [0.4, 0.5) is 0 Å². The van der Waals surface area contributed by atoms with Crippen LogP contribution in [0.25, 0.3) is 0 Å². The van der Waals surface area contributed by atoms with Gasteiger partial charge in [-0.1, -0.05) is 6.07 Å². The third-order valence-corrected chi connectivity index (χ3v) is 4.57. The van der Waals surface area contributed by atoms with Gasteiger partial charge in [0.05, 0.1) is 14.2 Å². The molecule has 0 saturated heterocycles. The summed E-state index contributed by atoms with van der Waals surface area (Å²) in [5.74, 6) is -0.0526. The van der Waals surface area contributed by atoms with Crippen LogP contribution in [0.15, 0.2) is 35.7 Å². The first-order valence-electron chi connectivity index (χ1n) is 7.75. The maximum absolute atomic E-state index is 12.5. The standard InChI is InChI=1S/C18H21NO5S/c1-23-14-8-13(9-15(10-14)24-2)11-19(12-18(21)22)17(20)6-5-16-4-3-7-25-16/h3-4,7-10H,5-6,11-12H2,1-2H3,(H,21,22). The van der Waals surface area contributed by atoms with Crippen LogP contribution in [-0.4, -0.2) is 42.6 Å². The number of hydrogen-bond acceptors (Lipinski definition) is 5. The van der Waals surface area contributed by atoms with Crippen molar-refractivity contribution in [1.82, 2.24) is 4.90 Å². The van der Waals surface area contributed by atoms with E-state index in [-0.39, 0.29) is 25.4 Å². The van der Waals surface area contributed by atoms with Crippen LogP contribution < -0.4 is 9.47 Å². The summed E-state index contributed by atoms with van der Waals surface area (Å²) in [6, 6.07) is 9.16. The molecule has 1 heterocycles. The summed E-state index contributed by atoms with van der Waals surface area (Å²) in [6.45, 7) is -0.161. The van der Waals surface area contributed by atoms with Crippen LogP contribution >= 0.6 is 11.3 Å². The maximum atomic E-state index is 12.5. The van der Waals surface area contributed by atoms with E-state index < -0.39 is 5.97 Å². The molecule has 6 nitrogen and oxygen atoms in total. The van der Waals surface area contributed by atoms with Gasteiger partial charge in [0, 0.05) is 23.9 Å². The molecule has 0 bridgehead atoms. The number of benzene rings is 1. The van der Waals surface area contributed by atoms with E-state index in [1.54, 1.807) is 43.8 Å². The summed E-state index contributed by atoms with van der Waals surface area (Å²) in [5, 5.41) is 11.1. The second-order valence-corrected chi connectivity index (χ2v) is 6.48. The number of carbonyl (C=O) groups is 2. The largest absolute Gasteiger partial charge is 0.497 e. The van der Waals surface area contributed by atoms with Crippen LogP contribution in [0, 0.1) is 0 Å². The molecule has 0 aliphatic carbocycles. The highest BCUT2D eigenvalue weighted by molar-refractivity contribution is 7.09. The highest BCUT2D eigenvalue weighted by Crippen LogP contribution is 2.23. The number of aliphatic carboxylic acids is 1. The van der Waals surface area contributed by atoms with Gasteiger partial charge in [-0.2, -0.15) is 0 Å². The summed E-state index contributed by atoms with van der Waals surface area (Å²) in [5.41, 5.74) is 0.752. The smallest absolute Gasteiger partial charge is 0.323 e. The number of methoxy groups -OCH3 is 2. The Bertz CT molecular complexity index is 692. The first kappa shape index (κ1) is 18.8. The molecule has 25 heavy (non-hydrogen) atoms. The van der Waals surface area contributed by atoms with Gasteiger partial charge >= 0.3 is 5.97 Å². The van der Waals surface area contributed by atoms with Crippen LogP contribution in [0.5, 0.6) is 11.5 Å². The number of hydrogen-bond donors (Lipinski definition) is 1. The van der Waals surface area contributed by atoms with Gasteiger partial charge in [-0.05, 0) is 35.6 Å². The maximum Gasteiger partial charge on any atom is 0.323 e. The fraction of sp³-hybridized carbons (Fsp3) is 0.333. The molecule has 1 aromatic heterocycles. The molecule has 2 rings (SSSR count). The first-order chi connectivity index (χ1) is 12.0. The van der Waals surface area contributed by atoms with Crippen molar-refractivity contribution in [2.75, 3.05) is 20.8 Å². The van der Waals surface area contributed by atoms with Crippen molar-refractivity contribution in [3.8, 4) is 11.5 Å². The summed E-state index contributed by atoms with van der Waals surface area (Å²) in [4.78, 5) is 26.1. The lowest BCUT2D eigenvalue weighted by Gasteiger charge is -2.21. The number of thiophene rings is 1. The third kappa shape index (κ3) is 5.79. The van der Waals surface area contributed by atoms with Crippen molar-refractivity contribution in [3.63, 3.8) is 0 Å². The van der Waals surface area contributed by atoms with Crippen molar-refractivity contribution >= 4 is 23.2 Å². The van der Waals surface area contributed by atoms with Gasteiger partial charge in [0.1, 0.15) is 18.0 Å². The Kier molecular flexibility index (Phi) is 6.82. The number of carbonyl (C=O) groups excluding carboxylic acids is 1. The van der Waals surface area contributed by atoms with E-state index in [4.69, 9.17) is 14.6 Å². The van der Waals surface area contributed by atoms with Gasteiger partial charge in [0.25, 0.3) is 0 Å². The molecule has 0 unspecified atom stereocenters. The monoisotopic (exact) mass is 363 g/mol. The first-order valence-corrected chi connectivity index (χ1v) is 8.63. The van der Waals surface area contributed by atoms with E-state index in [0.29, 0.717) is 17.9 Å². The van der Waals surface area contributed by atoms with Crippen molar-refractivity contribution in [3.05, 3.63) is 46.2 Å². The normalized spacial score (nSPS) is 10.3. The highest BCUT2D eigenvalue weighted by atomic mass is 32.1. The van der Waals surface area contributed by atoms with E-state index in [9.17, 15) is 9.59 Å². The topological polar surface area (TPSA) is 76.1 Å². The second-order valence-electron chi connectivity index (χ2n) is 5.44. The van der Waals surface area contributed by atoms with Gasteiger partial charge in [-0.3, -0.25) is 9.59 Å². The van der Waals surface area contributed by atoms with Gasteiger partial charge < -0.3 is 19.5 Å². The van der Waals surface area contributed by atoms with Crippen molar-refractivity contribution in [2.24, 2.45) is 0 Å². The molecule has 1 amide bonds. The van der Waals surface area contributed by atoms with Crippen molar-refractivity contribution in [2.45, 2.75) is 19.4 Å². The van der Waals surface area contributed by atoms with Crippen LogP contribution in [0.2, 0.25) is 0 Å². The molecule has 2 aromatic rings. The van der Waals surface area contributed by atoms with E-state index in [2.05, 4.69) is 0 Å². The van der Waals surface area contributed by atoms with Gasteiger partial charge in [-0.15, -0.1) is 11.3 Å². The predicted molar refractivity (Wildman–Crippen MR) is 95.2 cm³/mol. The lowest BCUT2D eigenvalue weighted by molar-refractivity contribution is -0.144. The number of amides is 1. The average molecular weight is 363 g/mol. The van der Waals surface area contributed by atoms with Crippen LogP contribution in [0.1, 0.15) is 16.9 Å². The van der Waals surface area contributed by atoms with Gasteiger partial charge in [0.2, 0.25) is 5.91 Å². The zero-order chi connectivity index (χ0) is 18.2. The fourth-order valence-corrected chi connectivity index (χ4v) is 3.13. The fourth-order valence-electron chi connectivity index (χ4n) is 2.42. The molecule has 0 aliphatic rings. The lowest BCUT2D eigenvalue weighted by Crippen LogP contribution is -2.35. The molecule has 0 aliphatic heterocycles. The molecule has 0 spiro atoms. The number of rotatable bonds is 9. The minimum absolute atomic E-state index is 0.184. The number of nitrogens with zero attached hydrogens (tertiary/aromatic N) is 1. The van der Waals surface area contributed by atoms with Gasteiger partial charge in [-0.25, -0.2) is 0 Å². The van der Waals surface area contributed by atoms with Crippen molar-refractivity contribution < 1.29 is 24.2 Å². The molecule has 7 heteroatoms. The summed E-state index contributed by atoms with van der Waals surface area (Å²) in [6.07, 6.45) is 0.878. The minimum Gasteiger partial charge on any atom is -0.497 e. The predicted octanol–water partition coefficient (Wildman–Crippen LogP) is 2.81. The zero-order valence-corrected chi connectivity index (χ0v) is 15.0. The Balaban J connectivity index is 2.11. The zero-order valence-electron chi connectivity index (χ0n) is 14.2. The Morgan fingerprint density at radius 3 is 2.36 bits per heavy atom. The van der Waals surface area contributed by atoms with E-state index in [1.807, 2.05) is 17.5 Å². The highest BCUT2D eigenvalue weighted by Gasteiger charge is 2.18. The average Bonchev–Trinajstić information content (AvgIpc) is 3.11. The van der Waals surface area contributed by atoms with Gasteiger partial charge in [0.15, 0.2) is 0 Å². The van der Waals surface area contributed by atoms with Crippen LogP contribution in [0.3, 0.4) is 0 Å². The lowest BCUT2D eigenvalue weighted by atomic mass is 10.1. The molecule has 134 valence electrons. The minimum atomic E-state index is -1.04. The molecular weight excluding hydrogens is 342 g/mol. The molecule has 1 aromatic carbocycles. The number of ether oxygens (including phenoxy) is 2. The van der Waals surface area contributed by atoms with Crippen LogP contribution in [-0.2, 0) is 22.6 Å². The Labute approximate surface area is 150 Å². The third-order valence-electron chi connectivity index (χ3n) is 3.63. The number of aryl methyl sites for hydroxylation is 1.